The monoisotopic (exact) mass is 479 g/mol. The normalized spacial score (nSPS) is 18.6. The number of nitrogens with one attached hydrogen (secondary N) is 2. The zero-order valence-corrected chi connectivity index (χ0v) is 20.0. The van der Waals surface area contributed by atoms with E-state index < -0.39 is 10.0 Å². The summed E-state index contributed by atoms with van der Waals surface area (Å²) in [5.41, 5.74) is 1.31. The molecule has 0 bridgehead atoms. The second kappa shape index (κ2) is 9.32. The lowest BCUT2D eigenvalue weighted by molar-refractivity contribution is -0.120. The highest BCUT2D eigenvalue weighted by atomic mass is 32.2. The third kappa shape index (κ3) is 4.46. The Morgan fingerprint density at radius 2 is 1.78 bits per heavy atom. The van der Waals surface area contributed by atoms with Gasteiger partial charge in [0.15, 0.2) is 5.13 Å². The summed E-state index contributed by atoms with van der Waals surface area (Å²) in [6, 6.07) is 0. The molecule has 2 aromatic rings. The van der Waals surface area contributed by atoms with E-state index in [9.17, 15) is 18.0 Å². The first kappa shape index (κ1) is 22.9. The van der Waals surface area contributed by atoms with E-state index in [2.05, 4.69) is 15.3 Å². The number of piperidine rings is 2. The van der Waals surface area contributed by atoms with Crippen LogP contribution < -0.4 is 5.32 Å². The molecule has 2 aliphatic heterocycles. The van der Waals surface area contributed by atoms with Crippen molar-refractivity contribution in [2.24, 2.45) is 5.92 Å². The number of sulfonamides is 1. The molecule has 2 fully saturated rings. The molecule has 0 saturated carbocycles. The van der Waals surface area contributed by atoms with Crippen LogP contribution in [0.2, 0.25) is 0 Å². The molecule has 2 aliphatic rings. The average Bonchev–Trinajstić information content (AvgIpc) is 3.40. The SMILES string of the molecule is Cc1[nH]c(C)c(S(=O)(=O)N2CCC(C(=O)Nc3nccs3)CC2)c1C(=O)N1CCCCC1. The largest absolute Gasteiger partial charge is 0.361 e. The highest BCUT2D eigenvalue weighted by Gasteiger charge is 2.38. The highest BCUT2D eigenvalue weighted by molar-refractivity contribution is 7.89. The summed E-state index contributed by atoms with van der Waals surface area (Å²) in [5.74, 6) is -0.622. The van der Waals surface area contributed by atoms with Crippen LogP contribution in [0.4, 0.5) is 5.13 Å². The van der Waals surface area contributed by atoms with E-state index >= 15 is 0 Å². The van der Waals surface area contributed by atoms with Crippen LogP contribution >= 0.6 is 11.3 Å². The second-order valence-electron chi connectivity index (χ2n) is 8.44. The fourth-order valence-electron chi connectivity index (χ4n) is 4.57. The summed E-state index contributed by atoms with van der Waals surface area (Å²) in [6.07, 6.45) is 5.44. The minimum absolute atomic E-state index is 0.0799. The number of likely N-dealkylation sites (tertiary alicyclic amines) is 1. The maximum absolute atomic E-state index is 13.6. The summed E-state index contributed by atoms with van der Waals surface area (Å²) in [5, 5.41) is 5.13. The molecular formula is C21H29N5O4S2. The summed E-state index contributed by atoms with van der Waals surface area (Å²) in [7, 11) is -3.87. The number of H-pyrrole nitrogens is 1. The summed E-state index contributed by atoms with van der Waals surface area (Å²) < 4.78 is 28.6. The van der Waals surface area contributed by atoms with Crippen LogP contribution in [0, 0.1) is 19.8 Å². The number of rotatable bonds is 5. The Morgan fingerprint density at radius 3 is 2.41 bits per heavy atom. The van der Waals surface area contributed by atoms with E-state index in [1.807, 2.05) is 0 Å². The third-order valence-corrected chi connectivity index (χ3v) is 9.02. The van der Waals surface area contributed by atoms with Crippen molar-refractivity contribution >= 4 is 38.3 Å². The Bertz CT molecular complexity index is 1080. The molecule has 0 radical (unpaired) electrons. The van der Waals surface area contributed by atoms with Crippen LogP contribution in [0.25, 0.3) is 0 Å². The Hall–Kier alpha value is -2.24. The van der Waals surface area contributed by atoms with Crippen LogP contribution in [0.5, 0.6) is 0 Å². The minimum atomic E-state index is -3.87. The standard InChI is InChI=1S/C21H29N5O4S2/c1-14-17(20(28)25-9-4-3-5-10-25)18(15(2)23-14)32(29,30)26-11-6-16(7-12-26)19(27)24-21-22-8-13-31-21/h8,13,16,23H,3-7,9-12H2,1-2H3,(H,22,24,27). The van der Waals surface area contributed by atoms with E-state index in [4.69, 9.17) is 0 Å². The Labute approximate surface area is 192 Å². The van der Waals surface area contributed by atoms with Gasteiger partial charge in [-0.3, -0.25) is 9.59 Å². The Kier molecular flexibility index (Phi) is 6.68. The molecule has 4 rings (SSSR count). The third-order valence-electron chi connectivity index (χ3n) is 6.26. The van der Waals surface area contributed by atoms with Crippen molar-refractivity contribution < 1.29 is 18.0 Å². The molecular weight excluding hydrogens is 450 g/mol. The van der Waals surface area contributed by atoms with Gasteiger partial charge in [-0.25, -0.2) is 13.4 Å². The molecule has 32 heavy (non-hydrogen) atoms. The van der Waals surface area contributed by atoms with Crippen molar-refractivity contribution in [1.82, 2.24) is 19.2 Å². The van der Waals surface area contributed by atoms with E-state index in [0.717, 1.165) is 19.3 Å². The number of aryl methyl sites for hydroxylation is 2. The van der Waals surface area contributed by atoms with Crippen molar-refractivity contribution in [2.45, 2.75) is 50.8 Å². The molecule has 0 aliphatic carbocycles. The Balaban J connectivity index is 1.50. The number of hydrogen-bond donors (Lipinski definition) is 2. The zero-order valence-electron chi connectivity index (χ0n) is 18.4. The van der Waals surface area contributed by atoms with Crippen molar-refractivity contribution in [1.29, 1.82) is 0 Å². The molecule has 11 heteroatoms. The molecule has 4 heterocycles. The summed E-state index contributed by atoms with van der Waals surface area (Å²) >= 11 is 1.35. The van der Waals surface area contributed by atoms with Crippen LogP contribution in [0.15, 0.2) is 16.5 Å². The van der Waals surface area contributed by atoms with Crippen molar-refractivity contribution in [3.8, 4) is 0 Å². The summed E-state index contributed by atoms with van der Waals surface area (Å²) in [6.45, 7) is 5.22. The number of anilines is 1. The van der Waals surface area contributed by atoms with Gasteiger partial charge in [0.05, 0.1) is 5.56 Å². The van der Waals surface area contributed by atoms with Gasteiger partial charge in [0, 0.05) is 55.1 Å². The van der Waals surface area contributed by atoms with Crippen LogP contribution in [0.1, 0.15) is 53.8 Å². The van der Waals surface area contributed by atoms with Gasteiger partial charge in [0.2, 0.25) is 15.9 Å². The first-order chi connectivity index (χ1) is 15.3. The first-order valence-electron chi connectivity index (χ1n) is 11.0. The molecule has 0 atom stereocenters. The lowest BCUT2D eigenvalue weighted by Crippen LogP contribution is -2.42. The fraction of sp³-hybridized carbons (Fsp3) is 0.571. The molecule has 174 valence electrons. The van der Waals surface area contributed by atoms with Crippen molar-refractivity contribution in [2.75, 3.05) is 31.5 Å². The molecule has 0 aromatic carbocycles. The lowest BCUT2D eigenvalue weighted by Gasteiger charge is -2.31. The van der Waals surface area contributed by atoms with Gasteiger partial charge in [0.25, 0.3) is 5.91 Å². The molecule has 2 N–H and O–H groups in total. The maximum Gasteiger partial charge on any atom is 0.257 e. The van der Waals surface area contributed by atoms with Gasteiger partial charge in [-0.05, 0) is 46.0 Å². The van der Waals surface area contributed by atoms with Crippen LogP contribution in [-0.4, -0.2) is 65.6 Å². The zero-order chi connectivity index (χ0) is 22.9. The van der Waals surface area contributed by atoms with Gasteiger partial charge in [-0.2, -0.15) is 4.31 Å². The number of carbonyl (C=O) groups is 2. The topological polar surface area (TPSA) is 115 Å². The molecule has 9 nitrogen and oxygen atoms in total. The smallest absolute Gasteiger partial charge is 0.257 e. The van der Waals surface area contributed by atoms with E-state index in [1.54, 1.807) is 30.3 Å². The minimum Gasteiger partial charge on any atom is -0.361 e. The number of hydrogen-bond acceptors (Lipinski definition) is 6. The number of thiazole rings is 1. The van der Waals surface area contributed by atoms with Crippen LogP contribution in [0.3, 0.4) is 0 Å². The summed E-state index contributed by atoms with van der Waals surface area (Å²) in [4.78, 5) is 34.7. The second-order valence-corrected chi connectivity index (χ2v) is 11.2. The van der Waals surface area contributed by atoms with Gasteiger partial charge in [0.1, 0.15) is 4.90 Å². The molecule has 2 saturated heterocycles. The van der Waals surface area contributed by atoms with Gasteiger partial charge in [-0.15, -0.1) is 11.3 Å². The maximum atomic E-state index is 13.6. The fourth-order valence-corrected chi connectivity index (χ4v) is 6.99. The van der Waals surface area contributed by atoms with Crippen molar-refractivity contribution in [3.63, 3.8) is 0 Å². The predicted octanol–water partition coefficient (Wildman–Crippen LogP) is 2.75. The number of amides is 2. The highest BCUT2D eigenvalue weighted by Crippen LogP contribution is 2.31. The first-order valence-corrected chi connectivity index (χ1v) is 13.3. The van der Waals surface area contributed by atoms with Crippen LogP contribution in [-0.2, 0) is 14.8 Å². The van der Waals surface area contributed by atoms with Gasteiger partial charge < -0.3 is 15.2 Å². The van der Waals surface area contributed by atoms with E-state index in [-0.39, 0.29) is 41.3 Å². The number of nitrogens with zero attached hydrogens (tertiary/aromatic N) is 3. The van der Waals surface area contributed by atoms with Gasteiger partial charge >= 0.3 is 0 Å². The number of aromatic nitrogens is 2. The molecule has 0 unspecified atom stereocenters. The number of aromatic amines is 1. The molecule has 2 aromatic heterocycles. The Morgan fingerprint density at radius 1 is 1.09 bits per heavy atom. The van der Waals surface area contributed by atoms with E-state index in [0.29, 0.717) is 42.5 Å². The van der Waals surface area contributed by atoms with Gasteiger partial charge in [-0.1, -0.05) is 0 Å². The number of carbonyl (C=O) groups excluding carboxylic acids is 2. The quantitative estimate of drug-likeness (QED) is 0.684. The van der Waals surface area contributed by atoms with Crippen molar-refractivity contribution in [3.05, 3.63) is 28.5 Å². The lowest BCUT2D eigenvalue weighted by atomic mass is 9.97. The molecule has 2 amide bonds. The van der Waals surface area contributed by atoms with E-state index in [1.165, 1.54) is 15.6 Å². The predicted molar refractivity (Wildman–Crippen MR) is 122 cm³/mol. The molecule has 0 spiro atoms. The average molecular weight is 480 g/mol.